The zero-order valence-corrected chi connectivity index (χ0v) is 14.9. The van der Waals surface area contributed by atoms with Crippen molar-refractivity contribution in [2.24, 2.45) is 0 Å². The highest BCUT2D eigenvalue weighted by atomic mass is 32.2. The van der Waals surface area contributed by atoms with E-state index in [1.807, 2.05) is 19.9 Å². The molecule has 1 aliphatic heterocycles. The van der Waals surface area contributed by atoms with Crippen LogP contribution < -0.4 is 0 Å². The first-order valence-electron chi connectivity index (χ1n) is 8.41. The van der Waals surface area contributed by atoms with Crippen LogP contribution in [0.5, 0.6) is 0 Å². The minimum atomic E-state index is -3.42. The second-order valence-electron chi connectivity index (χ2n) is 6.28. The third kappa shape index (κ3) is 4.53. The fourth-order valence-corrected chi connectivity index (χ4v) is 4.47. The van der Waals surface area contributed by atoms with Crippen LogP contribution in [0.3, 0.4) is 0 Å². The molecule has 1 fully saturated rings. The summed E-state index contributed by atoms with van der Waals surface area (Å²) in [6.07, 6.45) is 2.22. The summed E-state index contributed by atoms with van der Waals surface area (Å²) in [6.45, 7) is 7.09. The third-order valence-electron chi connectivity index (χ3n) is 4.76. The van der Waals surface area contributed by atoms with E-state index in [4.69, 9.17) is 0 Å². The zero-order valence-electron chi connectivity index (χ0n) is 14.1. The van der Waals surface area contributed by atoms with Gasteiger partial charge in [0.25, 0.3) is 0 Å². The van der Waals surface area contributed by atoms with Gasteiger partial charge in [-0.1, -0.05) is 32.0 Å². The molecule has 2 rings (SSSR count). The Balaban J connectivity index is 2.04. The van der Waals surface area contributed by atoms with Crippen molar-refractivity contribution in [2.45, 2.75) is 43.6 Å². The molecule has 130 valence electrons. The van der Waals surface area contributed by atoms with Crippen molar-refractivity contribution in [1.82, 2.24) is 9.21 Å². The molecule has 0 saturated carbocycles. The molecular formula is C17H28N2O3S. The first-order valence-corrected chi connectivity index (χ1v) is 9.85. The van der Waals surface area contributed by atoms with Gasteiger partial charge in [-0.25, -0.2) is 8.42 Å². The maximum atomic E-state index is 12.7. The molecule has 0 aromatic heterocycles. The summed E-state index contributed by atoms with van der Waals surface area (Å²) in [5.41, 5.74) is -0.673. The summed E-state index contributed by atoms with van der Waals surface area (Å²) in [5, 5.41) is 10.5. The lowest BCUT2D eigenvalue weighted by molar-refractivity contribution is -0.00201. The number of aliphatic hydroxyl groups is 1. The van der Waals surface area contributed by atoms with Crippen molar-refractivity contribution in [2.75, 3.05) is 32.7 Å². The van der Waals surface area contributed by atoms with Crippen LogP contribution in [0.1, 0.15) is 33.1 Å². The normalized spacial score (nSPS) is 18.7. The standard InChI is InChI=1S/C17H28N2O3S/c1-3-17(20,4-2)15-18-11-8-12-19(14-13-18)23(21,22)16-9-6-5-7-10-16/h5-7,9-10,20H,3-4,8,11-15H2,1-2H3. The van der Waals surface area contributed by atoms with E-state index in [0.29, 0.717) is 43.9 Å². The van der Waals surface area contributed by atoms with Gasteiger partial charge in [0.1, 0.15) is 0 Å². The van der Waals surface area contributed by atoms with E-state index in [9.17, 15) is 13.5 Å². The van der Waals surface area contributed by atoms with Crippen molar-refractivity contribution in [3.8, 4) is 0 Å². The van der Waals surface area contributed by atoms with E-state index in [1.165, 1.54) is 0 Å². The Hall–Kier alpha value is -0.950. The van der Waals surface area contributed by atoms with Crippen molar-refractivity contribution < 1.29 is 13.5 Å². The molecule has 1 aromatic rings. The van der Waals surface area contributed by atoms with Crippen molar-refractivity contribution in [3.63, 3.8) is 0 Å². The molecule has 0 atom stereocenters. The average molecular weight is 340 g/mol. The first-order chi connectivity index (χ1) is 10.9. The van der Waals surface area contributed by atoms with Crippen LogP contribution in [0.15, 0.2) is 35.2 Å². The van der Waals surface area contributed by atoms with Crippen LogP contribution in [-0.2, 0) is 10.0 Å². The van der Waals surface area contributed by atoms with Crippen LogP contribution >= 0.6 is 0 Å². The second kappa shape index (κ2) is 7.75. The molecule has 5 nitrogen and oxygen atoms in total. The molecule has 1 aromatic carbocycles. The SMILES string of the molecule is CCC(O)(CC)CN1CCCN(S(=O)(=O)c2ccccc2)CC1. The molecule has 1 aliphatic rings. The molecule has 0 aliphatic carbocycles. The molecule has 1 N–H and O–H groups in total. The van der Waals surface area contributed by atoms with Gasteiger partial charge in [0.05, 0.1) is 10.5 Å². The van der Waals surface area contributed by atoms with Gasteiger partial charge in [-0.2, -0.15) is 4.31 Å². The fourth-order valence-electron chi connectivity index (χ4n) is 2.98. The molecule has 6 heteroatoms. The Kier molecular flexibility index (Phi) is 6.19. The number of nitrogens with zero attached hydrogens (tertiary/aromatic N) is 2. The summed E-state index contributed by atoms with van der Waals surface area (Å²) in [6, 6.07) is 8.61. The summed E-state index contributed by atoms with van der Waals surface area (Å²) < 4.78 is 27.0. The maximum Gasteiger partial charge on any atom is 0.243 e. The lowest BCUT2D eigenvalue weighted by Gasteiger charge is -2.32. The minimum Gasteiger partial charge on any atom is -0.389 e. The van der Waals surface area contributed by atoms with E-state index < -0.39 is 15.6 Å². The Morgan fingerprint density at radius 3 is 2.30 bits per heavy atom. The van der Waals surface area contributed by atoms with Gasteiger partial charge < -0.3 is 5.11 Å². The van der Waals surface area contributed by atoms with E-state index in [1.54, 1.807) is 28.6 Å². The fraction of sp³-hybridized carbons (Fsp3) is 0.647. The van der Waals surface area contributed by atoms with Crippen LogP contribution in [0.4, 0.5) is 0 Å². The smallest absolute Gasteiger partial charge is 0.243 e. The number of rotatable bonds is 6. The number of β-amino-alcohol motifs (C(OH)–C–C–N with tert-alkyl or cyclic N) is 1. The van der Waals surface area contributed by atoms with Crippen molar-refractivity contribution in [3.05, 3.63) is 30.3 Å². The minimum absolute atomic E-state index is 0.354. The summed E-state index contributed by atoms with van der Waals surface area (Å²) >= 11 is 0. The molecule has 23 heavy (non-hydrogen) atoms. The molecule has 0 unspecified atom stereocenters. The largest absolute Gasteiger partial charge is 0.389 e. The molecule has 0 spiro atoms. The zero-order chi connectivity index (χ0) is 16.9. The lowest BCUT2D eigenvalue weighted by Crippen LogP contribution is -2.44. The van der Waals surface area contributed by atoms with Crippen LogP contribution in [-0.4, -0.2) is 61.1 Å². The van der Waals surface area contributed by atoms with E-state index in [0.717, 1.165) is 13.0 Å². The van der Waals surface area contributed by atoms with Crippen LogP contribution in [0.2, 0.25) is 0 Å². The van der Waals surface area contributed by atoms with Gasteiger partial charge in [-0.05, 0) is 37.9 Å². The van der Waals surface area contributed by atoms with Crippen LogP contribution in [0.25, 0.3) is 0 Å². The molecule has 0 bridgehead atoms. The highest BCUT2D eigenvalue weighted by Crippen LogP contribution is 2.20. The lowest BCUT2D eigenvalue weighted by atomic mass is 9.97. The maximum absolute atomic E-state index is 12.7. The molecule has 1 saturated heterocycles. The Bertz CT molecular complexity index is 585. The average Bonchev–Trinajstić information content (AvgIpc) is 2.81. The van der Waals surface area contributed by atoms with Crippen molar-refractivity contribution >= 4 is 10.0 Å². The number of benzene rings is 1. The Morgan fingerprint density at radius 1 is 1.04 bits per heavy atom. The third-order valence-corrected chi connectivity index (χ3v) is 6.68. The van der Waals surface area contributed by atoms with E-state index in [-0.39, 0.29) is 0 Å². The number of hydrogen-bond donors (Lipinski definition) is 1. The van der Waals surface area contributed by atoms with E-state index in [2.05, 4.69) is 4.90 Å². The summed E-state index contributed by atoms with van der Waals surface area (Å²) in [7, 11) is -3.42. The first kappa shape index (κ1) is 18.4. The molecule has 1 heterocycles. The van der Waals surface area contributed by atoms with Gasteiger partial charge in [-0.3, -0.25) is 4.90 Å². The van der Waals surface area contributed by atoms with Gasteiger partial charge in [0.15, 0.2) is 0 Å². The molecular weight excluding hydrogens is 312 g/mol. The van der Waals surface area contributed by atoms with Gasteiger partial charge in [-0.15, -0.1) is 0 Å². The predicted octanol–water partition coefficient (Wildman–Crippen LogP) is 1.93. The predicted molar refractivity (Wildman–Crippen MR) is 91.8 cm³/mol. The quantitative estimate of drug-likeness (QED) is 0.860. The number of hydrogen-bond acceptors (Lipinski definition) is 4. The molecule has 0 amide bonds. The Morgan fingerprint density at radius 2 is 1.70 bits per heavy atom. The second-order valence-corrected chi connectivity index (χ2v) is 8.22. The monoisotopic (exact) mass is 340 g/mol. The Labute approximate surface area is 140 Å². The summed E-state index contributed by atoms with van der Waals surface area (Å²) in [4.78, 5) is 2.54. The summed E-state index contributed by atoms with van der Waals surface area (Å²) in [5.74, 6) is 0. The van der Waals surface area contributed by atoms with Crippen molar-refractivity contribution in [1.29, 1.82) is 0 Å². The van der Waals surface area contributed by atoms with Gasteiger partial charge in [0, 0.05) is 26.2 Å². The van der Waals surface area contributed by atoms with Gasteiger partial charge in [0.2, 0.25) is 10.0 Å². The number of sulfonamides is 1. The van der Waals surface area contributed by atoms with Gasteiger partial charge >= 0.3 is 0 Å². The van der Waals surface area contributed by atoms with Crippen LogP contribution in [0, 0.1) is 0 Å². The van der Waals surface area contributed by atoms with E-state index >= 15 is 0 Å². The molecule has 0 radical (unpaired) electrons. The highest BCUT2D eigenvalue weighted by molar-refractivity contribution is 7.89. The topological polar surface area (TPSA) is 60.9 Å². The highest BCUT2D eigenvalue weighted by Gasteiger charge is 2.30.